The third kappa shape index (κ3) is 2.65. The second-order valence-electron chi connectivity index (χ2n) is 4.18. The van der Waals surface area contributed by atoms with E-state index in [1.807, 2.05) is 12.1 Å². The van der Waals surface area contributed by atoms with Crippen molar-refractivity contribution in [3.05, 3.63) is 41.4 Å². The number of aromatic amines is 1. The summed E-state index contributed by atoms with van der Waals surface area (Å²) in [4.78, 5) is 15.5. The van der Waals surface area contributed by atoms with Crippen LogP contribution < -0.4 is 10.5 Å². The Morgan fingerprint density at radius 1 is 1.20 bits per heavy atom. The average Bonchev–Trinajstić information content (AvgIpc) is 2.90. The molecule has 2 heterocycles. The maximum atomic E-state index is 5.81. The molecule has 7 heteroatoms. The van der Waals surface area contributed by atoms with Crippen LogP contribution in [0.25, 0.3) is 11.2 Å². The number of nitrogens with one attached hydrogen (secondary N) is 1. The Morgan fingerprint density at radius 2 is 2.00 bits per heavy atom. The summed E-state index contributed by atoms with van der Waals surface area (Å²) < 4.78 is 5.59. The van der Waals surface area contributed by atoms with Gasteiger partial charge >= 0.3 is 0 Å². The number of benzene rings is 1. The minimum Gasteiger partial charge on any atom is -0.493 e. The second-order valence-corrected chi connectivity index (χ2v) is 4.61. The van der Waals surface area contributed by atoms with E-state index in [4.69, 9.17) is 22.1 Å². The third-order valence-corrected chi connectivity index (χ3v) is 3.01. The highest BCUT2D eigenvalue weighted by atomic mass is 35.5. The highest BCUT2D eigenvalue weighted by Gasteiger charge is 2.07. The van der Waals surface area contributed by atoms with Gasteiger partial charge in [0.05, 0.1) is 12.9 Å². The van der Waals surface area contributed by atoms with Crippen LogP contribution in [0.1, 0.15) is 5.82 Å². The van der Waals surface area contributed by atoms with Crippen molar-refractivity contribution in [2.75, 3.05) is 12.3 Å². The molecule has 6 nitrogen and oxygen atoms in total. The van der Waals surface area contributed by atoms with Crippen molar-refractivity contribution < 1.29 is 4.74 Å². The molecule has 102 valence electrons. The van der Waals surface area contributed by atoms with Gasteiger partial charge in [-0.25, -0.2) is 15.0 Å². The first-order valence-corrected chi connectivity index (χ1v) is 6.44. The van der Waals surface area contributed by atoms with Crippen LogP contribution in [-0.2, 0) is 6.42 Å². The number of imidazole rings is 1. The molecule has 3 aromatic rings. The molecule has 0 unspecified atom stereocenters. The normalized spacial score (nSPS) is 10.8. The van der Waals surface area contributed by atoms with Gasteiger partial charge in [0.2, 0.25) is 0 Å². The van der Waals surface area contributed by atoms with Crippen LogP contribution in [0, 0.1) is 0 Å². The maximum Gasteiger partial charge on any atom is 0.163 e. The fraction of sp³-hybridized carbons (Fsp3) is 0.154. The number of hydrogen-bond acceptors (Lipinski definition) is 5. The number of halogens is 1. The van der Waals surface area contributed by atoms with Gasteiger partial charge in [-0.3, -0.25) is 0 Å². The standard InChI is InChI=1S/C13H12ClN5O/c14-8-1-3-9(4-2-8)20-6-5-10-18-12(15)11-13(19-10)17-7-16-11/h1-4,7H,5-6H2,(H3,15,16,17,18,19). The van der Waals surface area contributed by atoms with E-state index in [2.05, 4.69) is 19.9 Å². The molecule has 0 radical (unpaired) electrons. The van der Waals surface area contributed by atoms with E-state index < -0.39 is 0 Å². The van der Waals surface area contributed by atoms with Gasteiger partial charge in [0, 0.05) is 11.4 Å². The minimum atomic E-state index is 0.373. The van der Waals surface area contributed by atoms with Gasteiger partial charge < -0.3 is 15.5 Å². The Balaban J connectivity index is 1.66. The van der Waals surface area contributed by atoms with Crippen molar-refractivity contribution in [1.29, 1.82) is 0 Å². The molecule has 0 aliphatic carbocycles. The van der Waals surface area contributed by atoms with Crippen LogP contribution in [0.15, 0.2) is 30.6 Å². The van der Waals surface area contributed by atoms with E-state index in [-0.39, 0.29) is 0 Å². The van der Waals surface area contributed by atoms with E-state index in [1.165, 1.54) is 0 Å². The van der Waals surface area contributed by atoms with Crippen LogP contribution in [0.5, 0.6) is 5.75 Å². The molecule has 3 rings (SSSR count). The number of aromatic nitrogens is 4. The summed E-state index contributed by atoms with van der Waals surface area (Å²) >= 11 is 5.80. The number of hydrogen-bond donors (Lipinski definition) is 2. The smallest absolute Gasteiger partial charge is 0.163 e. The van der Waals surface area contributed by atoms with Crippen LogP contribution in [0.4, 0.5) is 5.82 Å². The molecule has 0 saturated carbocycles. The first-order valence-electron chi connectivity index (χ1n) is 6.06. The Morgan fingerprint density at radius 3 is 2.80 bits per heavy atom. The molecule has 1 aromatic carbocycles. The van der Waals surface area contributed by atoms with Gasteiger partial charge in [-0.2, -0.15) is 0 Å². The predicted octanol–water partition coefficient (Wildman–Crippen LogP) is 2.21. The van der Waals surface area contributed by atoms with E-state index in [0.717, 1.165) is 5.75 Å². The fourth-order valence-electron chi connectivity index (χ4n) is 1.81. The highest BCUT2D eigenvalue weighted by Crippen LogP contribution is 2.16. The first kappa shape index (κ1) is 12.7. The molecule has 0 saturated heterocycles. The molecular formula is C13H12ClN5O. The van der Waals surface area contributed by atoms with Crippen molar-refractivity contribution in [2.45, 2.75) is 6.42 Å². The van der Waals surface area contributed by atoms with Crippen molar-refractivity contribution in [3.8, 4) is 5.75 Å². The number of nitrogens with two attached hydrogens (primary N) is 1. The summed E-state index contributed by atoms with van der Waals surface area (Å²) in [7, 11) is 0. The van der Waals surface area contributed by atoms with Gasteiger partial charge in [0.15, 0.2) is 11.5 Å². The lowest BCUT2D eigenvalue weighted by molar-refractivity contribution is 0.319. The molecule has 0 spiro atoms. The summed E-state index contributed by atoms with van der Waals surface area (Å²) in [5.41, 5.74) is 7.04. The summed E-state index contributed by atoms with van der Waals surface area (Å²) in [5, 5.41) is 0.679. The monoisotopic (exact) mass is 289 g/mol. The van der Waals surface area contributed by atoms with E-state index in [9.17, 15) is 0 Å². The zero-order valence-corrected chi connectivity index (χ0v) is 11.3. The first-order chi connectivity index (χ1) is 9.72. The molecule has 2 aromatic heterocycles. The van der Waals surface area contributed by atoms with Gasteiger partial charge in [-0.05, 0) is 24.3 Å². The number of nitrogens with zero attached hydrogens (tertiary/aromatic N) is 3. The van der Waals surface area contributed by atoms with Crippen LogP contribution in [-0.4, -0.2) is 26.5 Å². The lowest BCUT2D eigenvalue weighted by atomic mass is 10.3. The number of H-pyrrole nitrogens is 1. The number of rotatable bonds is 4. The predicted molar refractivity (Wildman–Crippen MR) is 76.7 cm³/mol. The third-order valence-electron chi connectivity index (χ3n) is 2.76. The second kappa shape index (κ2) is 5.34. The van der Waals surface area contributed by atoms with Crippen LogP contribution in [0.2, 0.25) is 5.02 Å². The highest BCUT2D eigenvalue weighted by molar-refractivity contribution is 6.30. The van der Waals surface area contributed by atoms with Crippen molar-refractivity contribution in [3.63, 3.8) is 0 Å². The molecule has 0 aliphatic heterocycles. The Kier molecular flexibility index (Phi) is 3.39. The molecule has 3 N–H and O–H groups in total. The molecule has 0 amide bonds. The lowest BCUT2D eigenvalue weighted by Gasteiger charge is -2.06. The topological polar surface area (TPSA) is 89.7 Å². The molecule has 0 bridgehead atoms. The van der Waals surface area contributed by atoms with Gasteiger partial charge in [0.1, 0.15) is 17.1 Å². The molecule has 20 heavy (non-hydrogen) atoms. The van der Waals surface area contributed by atoms with Crippen molar-refractivity contribution in [1.82, 2.24) is 19.9 Å². The summed E-state index contributed by atoms with van der Waals surface area (Å²) in [6, 6.07) is 7.19. The minimum absolute atomic E-state index is 0.373. The van der Waals surface area contributed by atoms with Gasteiger partial charge in [0.25, 0.3) is 0 Å². The van der Waals surface area contributed by atoms with Crippen LogP contribution >= 0.6 is 11.6 Å². The lowest BCUT2D eigenvalue weighted by Crippen LogP contribution is -2.07. The average molecular weight is 290 g/mol. The fourth-order valence-corrected chi connectivity index (χ4v) is 1.93. The molecule has 0 atom stereocenters. The van der Waals surface area contributed by atoms with E-state index in [0.29, 0.717) is 40.9 Å². The Hall–Kier alpha value is -2.34. The number of anilines is 1. The zero-order chi connectivity index (χ0) is 13.9. The zero-order valence-electron chi connectivity index (χ0n) is 10.5. The van der Waals surface area contributed by atoms with Gasteiger partial charge in [-0.15, -0.1) is 0 Å². The summed E-state index contributed by atoms with van der Waals surface area (Å²) in [5.74, 6) is 1.75. The maximum absolute atomic E-state index is 5.81. The SMILES string of the molecule is Nc1nc(CCOc2ccc(Cl)cc2)nc2[nH]cnc12. The van der Waals surface area contributed by atoms with Gasteiger partial charge in [-0.1, -0.05) is 11.6 Å². The van der Waals surface area contributed by atoms with Crippen LogP contribution in [0.3, 0.4) is 0 Å². The largest absolute Gasteiger partial charge is 0.493 e. The summed E-state index contributed by atoms with van der Waals surface area (Å²) in [6.07, 6.45) is 2.10. The molecule has 0 aliphatic rings. The molecule has 0 fully saturated rings. The Bertz CT molecular complexity index is 725. The molecular weight excluding hydrogens is 278 g/mol. The number of fused-ring (bicyclic) bond motifs is 1. The quantitative estimate of drug-likeness (QED) is 0.768. The Labute approximate surface area is 120 Å². The van der Waals surface area contributed by atoms with Crippen molar-refractivity contribution >= 4 is 28.6 Å². The summed E-state index contributed by atoms with van der Waals surface area (Å²) in [6.45, 7) is 0.459. The number of nitrogen functional groups attached to an aromatic ring is 1. The van der Waals surface area contributed by atoms with E-state index in [1.54, 1.807) is 18.5 Å². The van der Waals surface area contributed by atoms with Crippen molar-refractivity contribution in [2.24, 2.45) is 0 Å². The number of ether oxygens (including phenoxy) is 1. The van der Waals surface area contributed by atoms with E-state index >= 15 is 0 Å².